The van der Waals surface area contributed by atoms with E-state index in [1.165, 1.54) is 16.5 Å². The molecule has 0 saturated heterocycles. The molecule has 3 heteroatoms. The third-order valence-corrected chi connectivity index (χ3v) is 4.22. The van der Waals surface area contributed by atoms with E-state index in [0.717, 1.165) is 39.1 Å². The SMILES string of the molecule is CCCNCC(CCOCC(C)C)Cc1ccccc1Br. The van der Waals surface area contributed by atoms with Gasteiger partial charge >= 0.3 is 0 Å². The Morgan fingerprint density at radius 2 is 2.00 bits per heavy atom. The van der Waals surface area contributed by atoms with Crippen LogP contribution in [0.15, 0.2) is 28.7 Å². The number of hydrogen-bond acceptors (Lipinski definition) is 2. The average molecular weight is 356 g/mol. The van der Waals surface area contributed by atoms with E-state index in [9.17, 15) is 0 Å². The number of ether oxygens (including phenoxy) is 1. The summed E-state index contributed by atoms with van der Waals surface area (Å²) >= 11 is 3.66. The minimum Gasteiger partial charge on any atom is -0.381 e. The topological polar surface area (TPSA) is 21.3 Å². The van der Waals surface area contributed by atoms with Crippen LogP contribution in [-0.2, 0) is 11.2 Å². The minimum absolute atomic E-state index is 0.616. The maximum atomic E-state index is 5.76. The molecule has 120 valence electrons. The van der Waals surface area contributed by atoms with E-state index in [0.29, 0.717) is 11.8 Å². The monoisotopic (exact) mass is 355 g/mol. The molecule has 0 aliphatic rings. The van der Waals surface area contributed by atoms with Crippen LogP contribution in [0.1, 0.15) is 39.2 Å². The van der Waals surface area contributed by atoms with Crippen molar-refractivity contribution in [2.24, 2.45) is 11.8 Å². The summed E-state index contributed by atoms with van der Waals surface area (Å²) in [7, 11) is 0. The second-order valence-electron chi connectivity index (χ2n) is 6.12. The molecule has 2 nitrogen and oxygen atoms in total. The molecule has 0 saturated carbocycles. The van der Waals surface area contributed by atoms with Crippen LogP contribution in [0.4, 0.5) is 0 Å². The number of hydrogen-bond donors (Lipinski definition) is 1. The lowest BCUT2D eigenvalue weighted by Crippen LogP contribution is -2.26. The maximum Gasteiger partial charge on any atom is 0.0488 e. The van der Waals surface area contributed by atoms with Gasteiger partial charge in [-0.2, -0.15) is 0 Å². The molecule has 0 aliphatic heterocycles. The first-order valence-corrected chi connectivity index (χ1v) is 8.94. The van der Waals surface area contributed by atoms with Crippen molar-refractivity contribution in [1.82, 2.24) is 5.32 Å². The predicted octanol–water partition coefficient (Wildman–Crippen LogP) is 4.67. The van der Waals surface area contributed by atoms with Crippen molar-refractivity contribution in [2.45, 2.75) is 40.0 Å². The predicted molar refractivity (Wildman–Crippen MR) is 94.8 cm³/mol. The molecular formula is C18H30BrNO. The summed E-state index contributed by atoms with van der Waals surface area (Å²) < 4.78 is 6.98. The Bertz CT molecular complexity index is 381. The first kappa shape index (κ1) is 18.7. The lowest BCUT2D eigenvalue weighted by atomic mass is 9.96. The number of halogens is 1. The van der Waals surface area contributed by atoms with E-state index in [1.807, 2.05) is 0 Å². The van der Waals surface area contributed by atoms with Crippen LogP contribution in [0, 0.1) is 11.8 Å². The van der Waals surface area contributed by atoms with E-state index in [2.05, 4.69) is 66.3 Å². The molecular weight excluding hydrogens is 326 g/mol. The molecule has 0 aromatic heterocycles. The van der Waals surface area contributed by atoms with Crippen molar-refractivity contribution in [3.05, 3.63) is 34.3 Å². The molecule has 0 heterocycles. The van der Waals surface area contributed by atoms with Crippen LogP contribution in [0.5, 0.6) is 0 Å². The molecule has 0 spiro atoms. The lowest BCUT2D eigenvalue weighted by molar-refractivity contribution is 0.0976. The summed E-state index contributed by atoms with van der Waals surface area (Å²) in [5, 5.41) is 3.55. The highest BCUT2D eigenvalue weighted by molar-refractivity contribution is 9.10. The molecule has 1 N–H and O–H groups in total. The quantitative estimate of drug-likeness (QED) is 0.582. The Morgan fingerprint density at radius 1 is 1.24 bits per heavy atom. The van der Waals surface area contributed by atoms with Gasteiger partial charge < -0.3 is 10.1 Å². The van der Waals surface area contributed by atoms with Crippen molar-refractivity contribution in [1.29, 1.82) is 0 Å². The Morgan fingerprint density at radius 3 is 2.67 bits per heavy atom. The van der Waals surface area contributed by atoms with Crippen molar-refractivity contribution in [3.63, 3.8) is 0 Å². The summed E-state index contributed by atoms with van der Waals surface area (Å²) in [5.74, 6) is 1.24. The standard InChI is InChI=1S/C18H30BrNO/c1-4-10-20-13-16(9-11-21-14-15(2)3)12-17-7-5-6-8-18(17)19/h5-8,15-16,20H,4,9-14H2,1-3H3. The first-order valence-electron chi connectivity index (χ1n) is 8.15. The zero-order valence-corrected chi connectivity index (χ0v) is 15.3. The third-order valence-electron chi connectivity index (χ3n) is 3.45. The van der Waals surface area contributed by atoms with Crippen molar-refractivity contribution >= 4 is 15.9 Å². The van der Waals surface area contributed by atoms with Crippen molar-refractivity contribution < 1.29 is 4.74 Å². The highest BCUT2D eigenvalue weighted by Gasteiger charge is 2.11. The average Bonchev–Trinajstić information content (AvgIpc) is 2.45. The summed E-state index contributed by atoms with van der Waals surface area (Å²) in [6.07, 6.45) is 3.40. The van der Waals surface area contributed by atoms with E-state index in [-0.39, 0.29) is 0 Å². The van der Waals surface area contributed by atoms with Gasteiger partial charge in [-0.1, -0.05) is 54.9 Å². The first-order chi connectivity index (χ1) is 10.1. The molecule has 1 unspecified atom stereocenters. The largest absolute Gasteiger partial charge is 0.381 e. The highest BCUT2D eigenvalue weighted by atomic mass is 79.9. The molecule has 1 rings (SSSR count). The van der Waals surface area contributed by atoms with Gasteiger partial charge in [0, 0.05) is 17.7 Å². The smallest absolute Gasteiger partial charge is 0.0488 e. The molecule has 21 heavy (non-hydrogen) atoms. The van der Waals surface area contributed by atoms with Crippen LogP contribution >= 0.6 is 15.9 Å². The molecule has 0 radical (unpaired) electrons. The number of rotatable bonds is 11. The number of benzene rings is 1. The molecule has 1 aromatic carbocycles. The van der Waals surface area contributed by atoms with Gasteiger partial charge in [0.2, 0.25) is 0 Å². The second-order valence-corrected chi connectivity index (χ2v) is 6.98. The van der Waals surface area contributed by atoms with Crippen molar-refractivity contribution in [3.8, 4) is 0 Å². The van der Waals surface area contributed by atoms with E-state index < -0.39 is 0 Å². The number of nitrogens with one attached hydrogen (secondary N) is 1. The molecule has 0 amide bonds. The van der Waals surface area contributed by atoms with Gasteiger partial charge in [0.05, 0.1) is 0 Å². The third kappa shape index (κ3) is 8.60. The fraction of sp³-hybridized carbons (Fsp3) is 0.667. The maximum absolute atomic E-state index is 5.76. The molecule has 0 bridgehead atoms. The molecule has 1 atom stereocenters. The molecule has 1 aromatic rings. The van der Waals surface area contributed by atoms with Crippen molar-refractivity contribution in [2.75, 3.05) is 26.3 Å². The minimum atomic E-state index is 0.616. The zero-order valence-electron chi connectivity index (χ0n) is 13.7. The summed E-state index contributed by atoms with van der Waals surface area (Å²) in [6.45, 7) is 10.5. The van der Waals surface area contributed by atoms with Gasteiger partial charge in [0.1, 0.15) is 0 Å². The summed E-state index contributed by atoms with van der Waals surface area (Å²) in [5.41, 5.74) is 1.39. The van der Waals surface area contributed by atoms with Crippen LogP contribution in [-0.4, -0.2) is 26.3 Å². The fourth-order valence-corrected chi connectivity index (χ4v) is 2.75. The summed E-state index contributed by atoms with van der Waals surface area (Å²) in [4.78, 5) is 0. The van der Waals surface area contributed by atoms with Gasteiger partial charge in [-0.25, -0.2) is 0 Å². The highest BCUT2D eigenvalue weighted by Crippen LogP contribution is 2.21. The van der Waals surface area contributed by atoms with E-state index >= 15 is 0 Å². The molecule has 0 aliphatic carbocycles. The Labute approximate surface area is 138 Å². The van der Waals surface area contributed by atoms with Crippen LogP contribution in [0.2, 0.25) is 0 Å². The van der Waals surface area contributed by atoms with Crippen LogP contribution in [0.25, 0.3) is 0 Å². The zero-order chi connectivity index (χ0) is 15.5. The normalized spacial score (nSPS) is 12.8. The second kappa shape index (κ2) is 11.2. The molecule has 0 fully saturated rings. The lowest BCUT2D eigenvalue weighted by Gasteiger charge is -2.19. The van der Waals surface area contributed by atoms with Gasteiger partial charge in [-0.05, 0) is 55.8 Å². The van der Waals surface area contributed by atoms with Gasteiger partial charge in [0.25, 0.3) is 0 Å². The Kier molecular flexibility index (Phi) is 9.98. The van der Waals surface area contributed by atoms with Crippen LogP contribution in [0.3, 0.4) is 0 Å². The van der Waals surface area contributed by atoms with Gasteiger partial charge in [-0.3, -0.25) is 0 Å². The summed E-state index contributed by atoms with van der Waals surface area (Å²) in [6, 6.07) is 8.53. The van der Waals surface area contributed by atoms with Crippen LogP contribution < -0.4 is 5.32 Å². The Balaban J connectivity index is 2.45. The van der Waals surface area contributed by atoms with Gasteiger partial charge in [0.15, 0.2) is 0 Å². The Hall–Kier alpha value is -0.380. The van der Waals surface area contributed by atoms with E-state index in [1.54, 1.807) is 0 Å². The van der Waals surface area contributed by atoms with E-state index in [4.69, 9.17) is 4.74 Å². The van der Waals surface area contributed by atoms with Gasteiger partial charge in [-0.15, -0.1) is 0 Å². The fourth-order valence-electron chi connectivity index (χ4n) is 2.30.